The van der Waals surface area contributed by atoms with E-state index in [-0.39, 0.29) is 12.2 Å². The molecule has 1 heterocycles. The highest BCUT2D eigenvalue weighted by Crippen LogP contribution is 2.37. The number of methoxy groups -OCH3 is 1. The van der Waals surface area contributed by atoms with Gasteiger partial charge < -0.3 is 9.47 Å². The maximum absolute atomic E-state index is 13.2. The molecular weight excluding hydrogens is 633 g/mol. The molecule has 0 N–H and O–H groups in total. The number of halogens is 4. The van der Waals surface area contributed by atoms with Crippen molar-refractivity contribution >= 4 is 72.2 Å². The number of hydrogen-bond donors (Lipinski definition) is 0. The summed E-state index contributed by atoms with van der Waals surface area (Å²) in [5.74, 6) is 1.61. The molecule has 1 aromatic heterocycles. The van der Waals surface area contributed by atoms with Crippen LogP contribution in [0.3, 0.4) is 0 Å². The molecule has 4 aromatic rings. The minimum Gasteiger partial charge on any atom is -0.493 e. The molecule has 0 atom stereocenters. The van der Waals surface area contributed by atoms with Gasteiger partial charge in [0.1, 0.15) is 12.4 Å². The minimum absolute atomic E-state index is 0.229. The second-order valence-electron chi connectivity index (χ2n) is 7.86. The van der Waals surface area contributed by atoms with E-state index in [9.17, 15) is 4.79 Å². The van der Waals surface area contributed by atoms with Crippen LogP contribution in [-0.2, 0) is 13.0 Å². The highest BCUT2D eigenvalue weighted by molar-refractivity contribution is 9.10. The number of ether oxygens (including phenoxy) is 2. The third-order valence-corrected chi connectivity index (χ3v) is 6.98. The van der Waals surface area contributed by atoms with Crippen molar-refractivity contribution in [1.82, 2.24) is 9.66 Å². The maximum Gasteiger partial charge on any atom is 0.282 e. The van der Waals surface area contributed by atoms with Gasteiger partial charge in [-0.1, -0.05) is 52.1 Å². The number of nitrogens with zero attached hydrogens (tertiary/aromatic N) is 3. The van der Waals surface area contributed by atoms with Crippen LogP contribution in [0.4, 0.5) is 0 Å². The summed E-state index contributed by atoms with van der Waals surface area (Å²) in [5.41, 5.74) is 1.91. The van der Waals surface area contributed by atoms with Crippen LogP contribution in [0.5, 0.6) is 11.5 Å². The van der Waals surface area contributed by atoms with Crippen molar-refractivity contribution in [3.63, 3.8) is 0 Å². The van der Waals surface area contributed by atoms with Gasteiger partial charge in [0, 0.05) is 26.5 Å². The first kappa shape index (κ1) is 26.7. The van der Waals surface area contributed by atoms with Crippen molar-refractivity contribution in [2.45, 2.75) is 26.4 Å². The molecule has 3 aromatic carbocycles. The largest absolute Gasteiger partial charge is 0.493 e. The first-order valence-corrected chi connectivity index (χ1v) is 13.3. The zero-order chi connectivity index (χ0) is 25.8. The summed E-state index contributed by atoms with van der Waals surface area (Å²) < 4.78 is 14.4. The van der Waals surface area contributed by atoms with Crippen molar-refractivity contribution in [3.8, 4) is 11.5 Å². The lowest BCUT2D eigenvalue weighted by molar-refractivity contribution is 0.282. The van der Waals surface area contributed by atoms with Crippen LogP contribution in [0, 0.1) is 0 Å². The van der Waals surface area contributed by atoms with Crippen molar-refractivity contribution in [2.75, 3.05) is 7.11 Å². The zero-order valence-electron chi connectivity index (χ0n) is 19.4. The van der Waals surface area contributed by atoms with E-state index in [0.717, 1.165) is 16.5 Å². The first-order valence-electron chi connectivity index (χ1n) is 11.0. The molecule has 0 saturated heterocycles. The Morgan fingerprint density at radius 2 is 1.92 bits per heavy atom. The second-order valence-corrected chi connectivity index (χ2v) is 10.5. The average molecular weight is 654 g/mol. The van der Waals surface area contributed by atoms with Crippen molar-refractivity contribution in [3.05, 3.63) is 94.8 Å². The molecule has 0 amide bonds. The summed E-state index contributed by atoms with van der Waals surface area (Å²) in [4.78, 5) is 17.9. The number of rotatable bonds is 8. The second kappa shape index (κ2) is 11.8. The third-order valence-electron chi connectivity index (χ3n) is 5.31. The Morgan fingerprint density at radius 3 is 2.64 bits per heavy atom. The number of fused-ring (bicyclic) bond motifs is 1. The Kier molecular flexibility index (Phi) is 8.72. The van der Waals surface area contributed by atoms with Crippen LogP contribution in [0.2, 0.25) is 10.0 Å². The molecule has 186 valence electrons. The lowest BCUT2D eigenvalue weighted by Crippen LogP contribution is -2.22. The van der Waals surface area contributed by atoms with E-state index >= 15 is 0 Å². The van der Waals surface area contributed by atoms with Crippen LogP contribution in [0.25, 0.3) is 10.9 Å². The standard InChI is InChI=1S/C26H21Br2Cl2N3O3/c1-3-4-24-32-22-8-6-17(27)11-19(22)26(34)33(24)31-13-15-9-20(28)25(23(10-15)35-2)36-14-16-5-7-18(29)12-21(16)30/h5-13H,3-4,14H2,1-2H3. The number of aryl methyl sites for hydroxylation is 1. The van der Waals surface area contributed by atoms with Gasteiger partial charge >= 0.3 is 0 Å². The number of aromatic nitrogens is 2. The molecule has 0 spiro atoms. The lowest BCUT2D eigenvalue weighted by atomic mass is 10.2. The maximum atomic E-state index is 13.2. The monoisotopic (exact) mass is 651 g/mol. The highest BCUT2D eigenvalue weighted by Gasteiger charge is 2.14. The SMILES string of the molecule is CCCc1nc2ccc(Br)cc2c(=O)n1N=Cc1cc(Br)c(OCc2ccc(Cl)cc2Cl)c(OC)c1. The van der Waals surface area contributed by atoms with E-state index in [0.29, 0.717) is 54.7 Å². The van der Waals surface area contributed by atoms with Gasteiger partial charge in [0.15, 0.2) is 11.5 Å². The van der Waals surface area contributed by atoms with Gasteiger partial charge in [0.05, 0.1) is 28.7 Å². The highest BCUT2D eigenvalue weighted by atomic mass is 79.9. The predicted octanol–water partition coefficient (Wildman–Crippen LogP) is 7.65. The summed E-state index contributed by atoms with van der Waals surface area (Å²) in [6.45, 7) is 2.26. The summed E-state index contributed by atoms with van der Waals surface area (Å²) in [6.07, 6.45) is 3.04. The molecule has 0 aliphatic carbocycles. The fraction of sp³-hybridized carbons (Fsp3) is 0.192. The Labute approximate surface area is 235 Å². The Morgan fingerprint density at radius 1 is 1.11 bits per heavy atom. The Hall–Kier alpha value is -2.39. The zero-order valence-corrected chi connectivity index (χ0v) is 24.1. The quantitative estimate of drug-likeness (QED) is 0.183. The van der Waals surface area contributed by atoms with Crippen molar-refractivity contribution < 1.29 is 9.47 Å². The lowest BCUT2D eigenvalue weighted by Gasteiger charge is -2.14. The van der Waals surface area contributed by atoms with Crippen molar-refractivity contribution in [1.29, 1.82) is 0 Å². The molecule has 0 aliphatic heterocycles. The average Bonchev–Trinajstić information content (AvgIpc) is 2.84. The van der Waals surface area contributed by atoms with E-state index < -0.39 is 0 Å². The molecule has 36 heavy (non-hydrogen) atoms. The first-order chi connectivity index (χ1) is 17.3. The van der Waals surface area contributed by atoms with Crippen LogP contribution in [-0.4, -0.2) is 23.0 Å². The van der Waals surface area contributed by atoms with E-state index in [2.05, 4.69) is 41.9 Å². The Balaban J connectivity index is 1.67. The third kappa shape index (κ3) is 5.94. The molecule has 0 saturated carbocycles. The van der Waals surface area contributed by atoms with Gasteiger partial charge in [-0.05, 0) is 70.4 Å². The fourth-order valence-corrected chi connectivity index (χ4v) is 4.97. The predicted molar refractivity (Wildman–Crippen MR) is 152 cm³/mol. The smallest absolute Gasteiger partial charge is 0.282 e. The van der Waals surface area contributed by atoms with Crippen LogP contribution in [0.15, 0.2) is 67.4 Å². The fourth-order valence-electron chi connectivity index (χ4n) is 3.57. The van der Waals surface area contributed by atoms with E-state index in [1.165, 1.54) is 4.68 Å². The molecule has 10 heteroatoms. The molecular formula is C26H21Br2Cl2N3O3. The van der Waals surface area contributed by atoms with Gasteiger partial charge in [0.2, 0.25) is 0 Å². The van der Waals surface area contributed by atoms with Crippen LogP contribution < -0.4 is 15.0 Å². The molecule has 0 fully saturated rings. The summed E-state index contributed by atoms with van der Waals surface area (Å²) in [7, 11) is 1.56. The van der Waals surface area contributed by atoms with Crippen molar-refractivity contribution in [2.24, 2.45) is 5.10 Å². The van der Waals surface area contributed by atoms with Gasteiger partial charge in [-0.2, -0.15) is 9.78 Å². The van der Waals surface area contributed by atoms with Crippen LogP contribution >= 0.6 is 55.1 Å². The van der Waals surface area contributed by atoms with Gasteiger partial charge in [-0.3, -0.25) is 4.79 Å². The minimum atomic E-state index is -0.230. The van der Waals surface area contributed by atoms with Gasteiger partial charge in [-0.25, -0.2) is 4.98 Å². The number of benzene rings is 3. The number of hydrogen-bond acceptors (Lipinski definition) is 5. The summed E-state index contributed by atoms with van der Waals surface area (Å²) in [5, 5.41) is 6.05. The van der Waals surface area contributed by atoms with E-state index in [4.69, 9.17) is 32.7 Å². The van der Waals surface area contributed by atoms with Crippen LogP contribution in [0.1, 0.15) is 30.3 Å². The topological polar surface area (TPSA) is 65.7 Å². The normalized spacial score (nSPS) is 11.4. The van der Waals surface area contributed by atoms with Gasteiger partial charge in [-0.15, -0.1) is 0 Å². The molecule has 0 bridgehead atoms. The summed E-state index contributed by atoms with van der Waals surface area (Å²) in [6, 6.07) is 14.3. The molecule has 6 nitrogen and oxygen atoms in total. The van der Waals surface area contributed by atoms with E-state index in [1.54, 1.807) is 37.6 Å². The molecule has 4 rings (SSSR count). The Bertz CT molecular complexity index is 1520. The van der Waals surface area contributed by atoms with Gasteiger partial charge in [0.25, 0.3) is 5.56 Å². The molecule has 0 aliphatic rings. The van der Waals surface area contributed by atoms with E-state index in [1.807, 2.05) is 31.2 Å². The summed E-state index contributed by atoms with van der Waals surface area (Å²) >= 11 is 19.2. The molecule has 0 unspecified atom stereocenters. The molecule has 0 radical (unpaired) electrons.